The molecule has 27 heavy (non-hydrogen) atoms. The van der Waals surface area contributed by atoms with Gasteiger partial charge in [-0.05, 0) is 51.5 Å². The second-order valence-corrected chi connectivity index (χ2v) is 8.01. The van der Waals surface area contributed by atoms with Gasteiger partial charge in [0, 0.05) is 11.4 Å². The van der Waals surface area contributed by atoms with Gasteiger partial charge in [-0.25, -0.2) is 9.78 Å². The number of aromatic nitrogens is 2. The molecular formula is C19H24N4O3S. The van der Waals surface area contributed by atoms with Crippen LogP contribution in [0.25, 0.3) is 10.2 Å². The van der Waals surface area contributed by atoms with Crippen LogP contribution in [0.2, 0.25) is 0 Å². The van der Waals surface area contributed by atoms with Gasteiger partial charge >= 0.3 is 6.03 Å². The largest absolute Gasteiger partial charge is 0.337 e. The first-order chi connectivity index (χ1) is 13.0. The summed E-state index contributed by atoms with van der Waals surface area (Å²) in [5, 5.41) is 5.50. The fourth-order valence-electron chi connectivity index (χ4n) is 3.22. The molecule has 144 valence electrons. The van der Waals surface area contributed by atoms with Crippen LogP contribution in [0.5, 0.6) is 0 Å². The average molecular weight is 388 g/mol. The van der Waals surface area contributed by atoms with E-state index in [2.05, 4.69) is 21.7 Å². The van der Waals surface area contributed by atoms with E-state index in [-0.39, 0.29) is 12.1 Å². The topological polar surface area (TPSA) is 93.1 Å². The highest BCUT2D eigenvalue weighted by Crippen LogP contribution is 2.25. The van der Waals surface area contributed by atoms with Crippen molar-refractivity contribution in [2.75, 3.05) is 6.54 Å². The number of allylic oxidation sites excluding steroid dienone is 1. The van der Waals surface area contributed by atoms with Gasteiger partial charge in [0.1, 0.15) is 11.4 Å². The summed E-state index contributed by atoms with van der Waals surface area (Å²) in [4.78, 5) is 42.5. The van der Waals surface area contributed by atoms with Gasteiger partial charge in [-0.15, -0.1) is 11.3 Å². The maximum atomic E-state index is 12.6. The number of carbonyl (C=O) groups is 2. The van der Waals surface area contributed by atoms with Crippen LogP contribution < -0.4 is 16.2 Å². The van der Waals surface area contributed by atoms with E-state index in [0.717, 1.165) is 29.7 Å². The number of nitrogens with one attached hydrogen (secondary N) is 2. The quantitative estimate of drug-likeness (QED) is 0.770. The minimum atomic E-state index is -0.544. The van der Waals surface area contributed by atoms with E-state index < -0.39 is 11.9 Å². The molecule has 8 heteroatoms. The van der Waals surface area contributed by atoms with Crippen molar-refractivity contribution in [3.8, 4) is 0 Å². The van der Waals surface area contributed by atoms with Crippen molar-refractivity contribution in [3.63, 3.8) is 0 Å². The maximum absolute atomic E-state index is 12.6. The van der Waals surface area contributed by atoms with E-state index in [1.165, 1.54) is 40.6 Å². The van der Waals surface area contributed by atoms with Crippen LogP contribution in [-0.4, -0.2) is 28.0 Å². The highest BCUT2D eigenvalue weighted by atomic mass is 32.1. The number of amides is 3. The molecule has 2 heterocycles. The molecule has 1 aliphatic rings. The number of carbonyl (C=O) groups excluding carboxylic acids is 2. The summed E-state index contributed by atoms with van der Waals surface area (Å²) in [5.41, 5.74) is 1.99. The van der Waals surface area contributed by atoms with Crippen LogP contribution in [0, 0.1) is 13.8 Å². The molecule has 0 saturated heterocycles. The summed E-state index contributed by atoms with van der Waals surface area (Å²) in [7, 11) is 0. The summed E-state index contributed by atoms with van der Waals surface area (Å²) in [6.07, 6.45) is 9.02. The molecular weight excluding hydrogens is 364 g/mol. The molecule has 0 spiro atoms. The van der Waals surface area contributed by atoms with Gasteiger partial charge in [-0.1, -0.05) is 11.6 Å². The van der Waals surface area contributed by atoms with E-state index in [1.54, 1.807) is 0 Å². The Labute approximate surface area is 161 Å². The molecule has 0 unspecified atom stereocenters. The van der Waals surface area contributed by atoms with Gasteiger partial charge in [0.05, 0.1) is 11.7 Å². The molecule has 0 atom stereocenters. The Kier molecular flexibility index (Phi) is 6.05. The van der Waals surface area contributed by atoms with E-state index in [0.29, 0.717) is 16.8 Å². The van der Waals surface area contributed by atoms with Gasteiger partial charge in [-0.2, -0.15) is 0 Å². The van der Waals surface area contributed by atoms with Crippen molar-refractivity contribution < 1.29 is 9.59 Å². The highest BCUT2D eigenvalue weighted by Gasteiger charge is 2.15. The molecule has 0 saturated carbocycles. The minimum absolute atomic E-state index is 0.241. The van der Waals surface area contributed by atoms with Crippen LogP contribution in [-0.2, 0) is 11.3 Å². The Bertz CT molecular complexity index is 958. The zero-order valence-corrected chi connectivity index (χ0v) is 16.4. The summed E-state index contributed by atoms with van der Waals surface area (Å²) >= 11 is 1.46. The van der Waals surface area contributed by atoms with E-state index in [1.807, 2.05) is 13.8 Å². The van der Waals surface area contributed by atoms with Crippen LogP contribution in [0.15, 0.2) is 22.8 Å². The number of hydrogen-bond donors (Lipinski definition) is 2. The fraction of sp³-hybridized carbons (Fsp3) is 0.474. The second kappa shape index (κ2) is 8.47. The number of imide groups is 1. The zero-order valence-electron chi connectivity index (χ0n) is 15.6. The number of aryl methyl sites for hydroxylation is 2. The number of hydrogen-bond acceptors (Lipinski definition) is 5. The van der Waals surface area contributed by atoms with Gasteiger partial charge in [0.15, 0.2) is 0 Å². The van der Waals surface area contributed by atoms with Crippen molar-refractivity contribution in [2.24, 2.45) is 0 Å². The first-order valence-electron chi connectivity index (χ1n) is 9.16. The first kappa shape index (κ1) is 19.3. The molecule has 7 nitrogen and oxygen atoms in total. The first-order valence-corrected chi connectivity index (χ1v) is 9.98. The van der Waals surface area contributed by atoms with Crippen molar-refractivity contribution >= 4 is 33.5 Å². The van der Waals surface area contributed by atoms with Crippen LogP contribution in [0.1, 0.15) is 42.5 Å². The average Bonchev–Trinajstić information content (AvgIpc) is 2.93. The molecule has 0 bridgehead atoms. The summed E-state index contributed by atoms with van der Waals surface area (Å²) in [5.74, 6) is -0.544. The van der Waals surface area contributed by atoms with E-state index in [9.17, 15) is 14.4 Å². The van der Waals surface area contributed by atoms with Crippen molar-refractivity contribution in [3.05, 3.63) is 38.8 Å². The smallest absolute Gasteiger partial charge is 0.321 e. The molecule has 0 radical (unpaired) electrons. The molecule has 2 aromatic heterocycles. The predicted molar refractivity (Wildman–Crippen MR) is 106 cm³/mol. The standard InChI is InChI=1S/C19H24N4O3S/c1-12-13(2)27-17-16(12)18(25)23(11-21-17)10-15(24)22-19(26)20-9-8-14-6-4-3-5-7-14/h6,11H,3-5,7-10H2,1-2H3,(H2,20,22,24,26). The Morgan fingerprint density at radius 3 is 2.85 bits per heavy atom. The van der Waals surface area contributed by atoms with Crippen molar-refractivity contribution in [1.82, 2.24) is 20.2 Å². The summed E-state index contributed by atoms with van der Waals surface area (Å²) < 4.78 is 1.23. The zero-order chi connectivity index (χ0) is 19.4. The Balaban J connectivity index is 1.54. The highest BCUT2D eigenvalue weighted by molar-refractivity contribution is 7.18. The van der Waals surface area contributed by atoms with Gasteiger partial charge in [0.25, 0.3) is 5.56 Å². The Hall–Kier alpha value is -2.48. The summed E-state index contributed by atoms with van der Waals surface area (Å²) in [6, 6.07) is -0.541. The molecule has 3 amide bonds. The van der Waals surface area contributed by atoms with Crippen molar-refractivity contribution in [1.29, 1.82) is 0 Å². The van der Waals surface area contributed by atoms with Crippen LogP contribution >= 0.6 is 11.3 Å². The number of fused-ring (bicyclic) bond motifs is 1. The van der Waals surface area contributed by atoms with Gasteiger partial charge < -0.3 is 5.32 Å². The summed E-state index contributed by atoms with van der Waals surface area (Å²) in [6.45, 7) is 4.06. The van der Waals surface area contributed by atoms with Crippen molar-refractivity contribution in [2.45, 2.75) is 52.5 Å². The second-order valence-electron chi connectivity index (χ2n) is 6.80. The Morgan fingerprint density at radius 2 is 2.11 bits per heavy atom. The molecule has 0 aromatic carbocycles. The minimum Gasteiger partial charge on any atom is -0.337 e. The lowest BCUT2D eigenvalue weighted by molar-refractivity contribution is -0.120. The third kappa shape index (κ3) is 4.63. The molecule has 0 fully saturated rings. The number of urea groups is 1. The fourth-order valence-corrected chi connectivity index (χ4v) is 4.20. The lowest BCUT2D eigenvalue weighted by Gasteiger charge is -2.13. The number of nitrogens with zero attached hydrogens (tertiary/aromatic N) is 2. The number of thiophene rings is 1. The Morgan fingerprint density at radius 1 is 1.30 bits per heavy atom. The van der Waals surface area contributed by atoms with E-state index >= 15 is 0 Å². The van der Waals surface area contributed by atoms with Crippen LogP contribution in [0.4, 0.5) is 4.79 Å². The van der Waals surface area contributed by atoms with Gasteiger partial charge in [0.2, 0.25) is 5.91 Å². The van der Waals surface area contributed by atoms with E-state index in [4.69, 9.17) is 0 Å². The third-order valence-corrected chi connectivity index (χ3v) is 5.95. The van der Waals surface area contributed by atoms with Gasteiger partial charge in [-0.3, -0.25) is 19.5 Å². The predicted octanol–water partition coefficient (Wildman–Crippen LogP) is 2.79. The lowest BCUT2D eigenvalue weighted by atomic mass is 9.97. The lowest BCUT2D eigenvalue weighted by Crippen LogP contribution is -2.42. The molecule has 1 aliphatic carbocycles. The van der Waals surface area contributed by atoms with Crippen LogP contribution in [0.3, 0.4) is 0 Å². The SMILES string of the molecule is Cc1sc2ncn(CC(=O)NC(=O)NCCC3=CCCCC3)c(=O)c2c1C. The molecule has 3 rings (SSSR count). The molecule has 2 N–H and O–H groups in total. The monoisotopic (exact) mass is 388 g/mol. The molecule has 2 aromatic rings. The normalized spacial score (nSPS) is 14.1. The third-order valence-electron chi connectivity index (χ3n) is 4.84. The number of rotatable bonds is 5. The molecule has 0 aliphatic heterocycles. The maximum Gasteiger partial charge on any atom is 0.321 e.